The molecule has 5 atom stereocenters. The number of amides is 1. The van der Waals surface area contributed by atoms with Gasteiger partial charge in [-0.1, -0.05) is 24.6 Å². The minimum Gasteiger partial charge on any atom is -0.444 e. The molecular weight excluding hydrogens is 426 g/mol. The summed E-state index contributed by atoms with van der Waals surface area (Å²) in [6, 6.07) is 8.11. The van der Waals surface area contributed by atoms with E-state index in [4.69, 9.17) is 4.74 Å². The molecule has 0 aromatic heterocycles. The third kappa shape index (κ3) is 4.13. The normalized spacial score (nSPS) is 33.0. The molecule has 0 heterocycles. The van der Waals surface area contributed by atoms with Crippen molar-refractivity contribution in [2.24, 2.45) is 17.3 Å². The van der Waals surface area contributed by atoms with Crippen molar-refractivity contribution >= 4 is 17.6 Å². The van der Waals surface area contributed by atoms with Crippen LogP contribution in [0.3, 0.4) is 0 Å². The molecular formula is C29H37NO4. The van der Waals surface area contributed by atoms with Crippen molar-refractivity contribution in [1.29, 1.82) is 0 Å². The number of aliphatic hydroxyl groups is 1. The smallest absolute Gasteiger partial charge is 0.412 e. The standard InChI is InChI=1S/C29H37NO4/c1-28(2,3)34-27(33)30-19-8-5-17(6-9-19)23-16-29(4)24(13-14-25(29)32)22-11-7-18-15-20(31)10-12-21(18)26(22)23/h5-6,8-9,15,22-25,32H,7,10-14,16H2,1-4H3,(H,30,33). The number of rotatable bonds is 2. The lowest BCUT2D eigenvalue weighted by molar-refractivity contribution is -0.114. The topological polar surface area (TPSA) is 75.6 Å². The molecule has 5 heteroatoms. The highest BCUT2D eigenvalue weighted by molar-refractivity contribution is 5.93. The lowest BCUT2D eigenvalue weighted by atomic mass is 9.53. The van der Waals surface area contributed by atoms with Crippen molar-refractivity contribution in [3.63, 3.8) is 0 Å². The quantitative estimate of drug-likeness (QED) is 0.540. The SMILES string of the molecule is CC(C)(C)OC(=O)Nc1ccc(C2CC3(C)C(O)CCC3C3CCC4=CC(=O)CCC4=C23)cc1. The molecule has 2 saturated carbocycles. The van der Waals surface area contributed by atoms with Gasteiger partial charge in [-0.2, -0.15) is 0 Å². The average Bonchev–Trinajstić information content (AvgIpc) is 3.06. The van der Waals surface area contributed by atoms with E-state index >= 15 is 0 Å². The second-order valence-corrected chi connectivity index (χ2v) is 11.9. The van der Waals surface area contributed by atoms with Crippen LogP contribution in [0.25, 0.3) is 0 Å². The van der Waals surface area contributed by atoms with Crippen molar-refractivity contribution in [3.8, 4) is 0 Å². The van der Waals surface area contributed by atoms with Crippen LogP contribution in [-0.4, -0.2) is 28.7 Å². The van der Waals surface area contributed by atoms with Crippen LogP contribution < -0.4 is 5.32 Å². The summed E-state index contributed by atoms with van der Waals surface area (Å²) in [7, 11) is 0. The Morgan fingerprint density at radius 3 is 2.53 bits per heavy atom. The van der Waals surface area contributed by atoms with Crippen LogP contribution in [0.15, 0.2) is 47.1 Å². The van der Waals surface area contributed by atoms with Gasteiger partial charge in [0.15, 0.2) is 5.78 Å². The summed E-state index contributed by atoms with van der Waals surface area (Å²) in [4.78, 5) is 24.3. The fourth-order valence-electron chi connectivity index (χ4n) is 7.15. The maximum absolute atomic E-state index is 12.2. The molecule has 5 unspecified atom stereocenters. The molecule has 0 bridgehead atoms. The molecule has 1 aromatic rings. The average molecular weight is 464 g/mol. The first-order valence-electron chi connectivity index (χ1n) is 12.8. The Kier molecular flexibility index (Phi) is 5.75. The van der Waals surface area contributed by atoms with Gasteiger partial charge in [-0.3, -0.25) is 10.1 Å². The minimum absolute atomic E-state index is 0.0848. The number of allylic oxidation sites excluding steroid dienone is 4. The van der Waals surface area contributed by atoms with Crippen molar-refractivity contribution in [2.45, 2.75) is 90.3 Å². The number of benzene rings is 1. The highest BCUT2D eigenvalue weighted by Crippen LogP contribution is 2.63. The van der Waals surface area contributed by atoms with Gasteiger partial charge in [0.25, 0.3) is 0 Å². The third-order valence-electron chi connectivity index (χ3n) is 8.64. The molecule has 2 fully saturated rings. The Labute approximate surface area is 202 Å². The predicted molar refractivity (Wildman–Crippen MR) is 133 cm³/mol. The summed E-state index contributed by atoms with van der Waals surface area (Å²) in [5.41, 5.74) is 5.49. The maximum atomic E-state index is 12.2. The second-order valence-electron chi connectivity index (χ2n) is 11.9. The molecule has 1 amide bonds. The van der Waals surface area contributed by atoms with Gasteiger partial charge >= 0.3 is 6.09 Å². The Morgan fingerprint density at radius 2 is 1.82 bits per heavy atom. The highest BCUT2D eigenvalue weighted by Gasteiger charge is 2.56. The van der Waals surface area contributed by atoms with E-state index in [1.54, 1.807) is 0 Å². The van der Waals surface area contributed by atoms with E-state index < -0.39 is 11.7 Å². The molecule has 2 N–H and O–H groups in total. The molecule has 5 rings (SSSR count). The number of ether oxygens (including phenoxy) is 1. The summed E-state index contributed by atoms with van der Waals surface area (Å²) >= 11 is 0. The number of carbonyl (C=O) groups excluding carboxylic acids is 2. The Hall–Kier alpha value is -2.40. The minimum atomic E-state index is -0.545. The third-order valence-corrected chi connectivity index (χ3v) is 8.64. The summed E-state index contributed by atoms with van der Waals surface area (Å²) in [6.45, 7) is 7.83. The number of hydrogen-bond donors (Lipinski definition) is 2. The first-order chi connectivity index (χ1) is 16.0. The number of hydrogen-bond acceptors (Lipinski definition) is 4. The molecule has 4 aliphatic rings. The van der Waals surface area contributed by atoms with Gasteiger partial charge in [-0.25, -0.2) is 4.79 Å². The molecule has 0 aliphatic heterocycles. The first-order valence-corrected chi connectivity index (χ1v) is 12.8. The monoisotopic (exact) mass is 463 g/mol. The molecule has 0 spiro atoms. The Morgan fingerprint density at radius 1 is 1.09 bits per heavy atom. The van der Waals surface area contributed by atoms with E-state index in [9.17, 15) is 14.7 Å². The number of carbonyl (C=O) groups is 2. The van der Waals surface area contributed by atoms with Gasteiger partial charge in [0.05, 0.1) is 6.10 Å². The highest BCUT2D eigenvalue weighted by atomic mass is 16.6. The fraction of sp³-hybridized carbons (Fsp3) is 0.586. The lowest BCUT2D eigenvalue weighted by Gasteiger charge is -2.52. The predicted octanol–water partition coefficient (Wildman–Crippen LogP) is 6.29. The largest absolute Gasteiger partial charge is 0.444 e. The molecule has 4 aliphatic carbocycles. The van der Waals surface area contributed by atoms with E-state index in [1.165, 1.54) is 22.3 Å². The molecule has 5 nitrogen and oxygen atoms in total. The van der Waals surface area contributed by atoms with E-state index in [1.807, 2.05) is 39.0 Å². The fourth-order valence-corrected chi connectivity index (χ4v) is 7.15. The summed E-state index contributed by atoms with van der Waals surface area (Å²) < 4.78 is 5.38. The summed E-state index contributed by atoms with van der Waals surface area (Å²) in [5.74, 6) is 1.46. The van der Waals surface area contributed by atoms with Gasteiger partial charge < -0.3 is 9.84 Å². The van der Waals surface area contributed by atoms with Crippen LogP contribution in [-0.2, 0) is 9.53 Å². The zero-order valence-corrected chi connectivity index (χ0v) is 20.8. The van der Waals surface area contributed by atoms with E-state index in [0.29, 0.717) is 23.9 Å². The Bertz CT molecular complexity index is 1060. The van der Waals surface area contributed by atoms with Crippen LogP contribution in [0.2, 0.25) is 0 Å². The number of fused-ring (bicyclic) bond motifs is 4. The molecule has 1 aromatic carbocycles. The van der Waals surface area contributed by atoms with Gasteiger partial charge in [-0.15, -0.1) is 0 Å². The zero-order chi connectivity index (χ0) is 24.3. The lowest BCUT2D eigenvalue weighted by Crippen LogP contribution is -2.45. The van der Waals surface area contributed by atoms with Gasteiger partial charge in [-0.05, 0) is 111 Å². The van der Waals surface area contributed by atoms with Crippen LogP contribution in [0, 0.1) is 17.3 Å². The van der Waals surface area contributed by atoms with Crippen LogP contribution in [0.5, 0.6) is 0 Å². The van der Waals surface area contributed by atoms with Crippen LogP contribution in [0.1, 0.15) is 84.1 Å². The summed E-state index contributed by atoms with van der Waals surface area (Å²) in [6.07, 6.45) is 7.56. The van der Waals surface area contributed by atoms with E-state index in [-0.39, 0.29) is 23.2 Å². The molecule has 0 radical (unpaired) electrons. The van der Waals surface area contributed by atoms with Crippen LogP contribution >= 0.6 is 0 Å². The number of aliphatic hydroxyl groups excluding tert-OH is 1. The summed E-state index contributed by atoms with van der Waals surface area (Å²) in [5, 5.41) is 13.8. The van der Waals surface area contributed by atoms with Gasteiger partial charge in [0, 0.05) is 18.0 Å². The van der Waals surface area contributed by atoms with Crippen molar-refractivity contribution < 1.29 is 19.4 Å². The maximum Gasteiger partial charge on any atom is 0.412 e. The van der Waals surface area contributed by atoms with Crippen molar-refractivity contribution in [3.05, 3.63) is 52.6 Å². The molecule has 182 valence electrons. The van der Waals surface area contributed by atoms with Crippen LogP contribution in [0.4, 0.5) is 10.5 Å². The number of ketones is 1. The van der Waals surface area contributed by atoms with Crippen molar-refractivity contribution in [1.82, 2.24) is 0 Å². The number of anilines is 1. The second kappa shape index (κ2) is 8.37. The molecule has 34 heavy (non-hydrogen) atoms. The Balaban J connectivity index is 1.49. The van der Waals surface area contributed by atoms with E-state index in [2.05, 4.69) is 24.4 Å². The van der Waals surface area contributed by atoms with E-state index in [0.717, 1.165) is 38.5 Å². The van der Waals surface area contributed by atoms with Crippen molar-refractivity contribution in [2.75, 3.05) is 5.32 Å². The van der Waals surface area contributed by atoms with Gasteiger partial charge in [0.1, 0.15) is 5.60 Å². The van der Waals surface area contributed by atoms with Gasteiger partial charge in [0.2, 0.25) is 0 Å². The molecule has 0 saturated heterocycles. The number of nitrogens with one attached hydrogen (secondary N) is 1. The first kappa shape index (κ1) is 23.3. The zero-order valence-electron chi connectivity index (χ0n) is 20.8.